The third kappa shape index (κ3) is 2.58. The summed E-state index contributed by atoms with van der Waals surface area (Å²) in [6, 6.07) is 17.3. The fourth-order valence-corrected chi connectivity index (χ4v) is 2.25. The lowest BCUT2D eigenvalue weighted by molar-refractivity contribution is 0.589. The summed E-state index contributed by atoms with van der Waals surface area (Å²) in [4.78, 5) is 0. The zero-order valence-corrected chi connectivity index (χ0v) is 11.9. The molecule has 0 fully saturated rings. The molecule has 1 aromatic heterocycles. The number of rotatable bonds is 4. The minimum Gasteiger partial charge on any atom is -0.310 e. The van der Waals surface area contributed by atoms with Crippen LogP contribution in [0.1, 0.15) is 19.4 Å². The Labute approximate surface area is 119 Å². The number of hydrogen-bond acceptors (Lipinski definition) is 2. The molecule has 0 radical (unpaired) electrons. The number of aromatic nitrogens is 2. The van der Waals surface area contributed by atoms with E-state index < -0.39 is 0 Å². The van der Waals surface area contributed by atoms with Crippen LogP contribution < -0.4 is 5.32 Å². The molecule has 0 spiro atoms. The number of nitrogens with zero attached hydrogens (tertiary/aromatic N) is 2. The van der Waals surface area contributed by atoms with Crippen molar-refractivity contribution < 1.29 is 0 Å². The Morgan fingerprint density at radius 2 is 1.80 bits per heavy atom. The topological polar surface area (TPSA) is 29.9 Å². The van der Waals surface area contributed by atoms with Crippen LogP contribution in [-0.4, -0.2) is 15.8 Å². The molecule has 3 heteroatoms. The van der Waals surface area contributed by atoms with Crippen molar-refractivity contribution >= 4 is 10.9 Å². The van der Waals surface area contributed by atoms with E-state index in [-0.39, 0.29) is 0 Å². The maximum Gasteiger partial charge on any atom is 0.0741 e. The van der Waals surface area contributed by atoms with Gasteiger partial charge in [0.1, 0.15) is 0 Å². The summed E-state index contributed by atoms with van der Waals surface area (Å²) in [5.74, 6) is 0. The first-order valence-corrected chi connectivity index (χ1v) is 6.99. The lowest BCUT2D eigenvalue weighted by Gasteiger charge is -2.09. The Balaban J connectivity index is 1.87. The van der Waals surface area contributed by atoms with Gasteiger partial charge in [0.15, 0.2) is 0 Å². The van der Waals surface area contributed by atoms with Gasteiger partial charge in [0.25, 0.3) is 0 Å². The molecule has 3 aromatic rings. The van der Waals surface area contributed by atoms with Gasteiger partial charge < -0.3 is 5.32 Å². The van der Waals surface area contributed by atoms with E-state index in [4.69, 9.17) is 0 Å². The maximum atomic E-state index is 4.47. The van der Waals surface area contributed by atoms with Crippen LogP contribution in [0.25, 0.3) is 16.6 Å². The normalized spacial score (nSPS) is 11.3. The summed E-state index contributed by atoms with van der Waals surface area (Å²) in [7, 11) is 0. The molecule has 0 atom stereocenters. The molecule has 2 aromatic carbocycles. The summed E-state index contributed by atoms with van der Waals surface area (Å²) in [5, 5.41) is 9.06. The number of nitrogens with one attached hydrogen (secondary N) is 1. The third-order valence-electron chi connectivity index (χ3n) is 3.37. The minimum atomic E-state index is 0.504. The van der Waals surface area contributed by atoms with Gasteiger partial charge in [-0.3, -0.25) is 0 Å². The van der Waals surface area contributed by atoms with Crippen LogP contribution >= 0.6 is 0 Å². The standard InChI is InChI=1S/C17H19N3/c1-13(2)18-11-14-7-9-16(10-8-14)20-17-6-4-3-5-15(17)12-19-20/h3-10,12-13,18H,11H2,1-2H3. The van der Waals surface area contributed by atoms with Gasteiger partial charge in [-0.2, -0.15) is 5.10 Å². The van der Waals surface area contributed by atoms with Gasteiger partial charge >= 0.3 is 0 Å². The molecule has 0 saturated heterocycles. The van der Waals surface area contributed by atoms with Gasteiger partial charge in [-0.05, 0) is 23.8 Å². The van der Waals surface area contributed by atoms with E-state index in [9.17, 15) is 0 Å². The molecule has 1 N–H and O–H groups in total. The summed E-state index contributed by atoms with van der Waals surface area (Å²) >= 11 is 0. The molecule has 0 bridgehead atoms. The molecule has 0 amide bonds. The van der Waals surface area contributed by atoms with Crippen LogP contribution in [0.5, 0.6) is 0 Å². The van der Waals surface area contributed by atoms with Crippen molar-refractivity contribution in [3.63, 3.8) is 0 Å². The molecule has 0 aliphatic rings. The molecule has 1 heterocycles. The van der Waals surface area contributed by atoms with Crippen molar-refractivity contribution in [2.75, 3.05) is 0 Å². The van der Waals surface area contributed by atoms with Gasteiger partial charge in [0, 0.05) is 18.0 Å². The Morgan fingerprint density at radius 3 is 2.55 bits per heavy atom. The van der Waals surface area contributed by atoms with E-state index in [1.54, 1.807) is 0 Å². The van der Waals surface area contributed by atoms with Gasteiger partial charge in [0.2, 0.25) is 0 Å². The van der Waals surface area contributed by atoms with Crippen LogP contribution in [-0.2, 0) is 6.54 Å². The highest BCUT2D eigenvalue weighted by Crippen LogP contribution is 2.18. The molecular weight excluding hydrogens is 246 g/mol. The van der Waals surface area contributed by atoms with E-state index in [0.29, 0.717) is 6.04 Å². The lowest BCUT2D eigenvalue weighted by Crippen LogP contribution is -2.21. The Morgan fingerprint density at radius 1 is 1.05 bits per heavy atom. The predicted molar refractivity (Wildman–Crippen MR) is 83.0 cm³/mol. The summed E-state index contributed by atoms with van der Waals surface area (Å²) in [6.07, 6.45) is 1.91. The third-order valence-corrected chi connectivity index (χ3v) is 3.37. The fourth-order valence-electron chi connectivity index (χ4n) is 2.25. The second kappa shape index (κ2) is 5.47. The summed E-state index contributed by atoms with van der Waals surface area (Å²) < 4.78 is 1.98. The van der Waals surface area contributed by atoms with E-state index >= 15 is 0 Å². The zero-order chi connectivity index (χ0) is 13.9. The number of para-hydroxylation sites is 1. The lowest BCUT2D eigenvalue weighted by atomic mass is 10.2. The number of hydrogen-bond donors (Lipinski definition) is 1. The molecule has 102 valence electrons. The van der Waals surface area contributed by atoms with E-state index in [2.05, 4.69) is 60.7 Å². The first-order chi connectivity index (χ1) is 9.74. The van der Waals surface area contributed by atoms with Crippen molar-refractivity contribution in [1.29, 1.82) is 0 Å². The molecule has 3 nitrogen and oxygen atoms in total. The number of fused-ring (bicyclic) bond motifs is 1. The van der Waals surface area contributed by atoms with Gasteiger partial charge in [-0.15, -0.1) is 0 Å². The SMILES string of the molecule is CC(C)NCc1ccc(-n2ncc3ccccc32)cc1. The average molecular weight is 265 g/mol. The first-order valence-electron chi connectivity index (χ1n) is 6.99. The van der Waals surface area contributed by atoms with Crippen molar-refractivity contribution in [1.82, 2.24) is 15.1 Å². The highest BCUT2D eigenvalue weighted by atomic mass is 15.3. The van der Waals surface area contributed by atoms with Crippen molar-refractivity contribution in [2.24, 2.45) is 0 Å². The summed E-state index contributed by atoms with van der Waals surface area (Å²) in [6.45, 7) is 5.21. The van der Waals surface area contributed by atoms with Crippen LogP contribution in [0.3, 0.4) is 0 Å². The van der Waals surface area contributed by atoms with Crippen LogP contribution in [0, 0.1) is 0 Å². The quantitative estimate of drug-likeness (QED) is 0.782. The Kier molecular flexibility index (Phi) is 3.52. The highest BCUT2D eigenvalue weighted by molar-refractivity contribution is 5.80. The molecule has 0 aliphatic carbocycles. The average Bonchev–Trinajstić information content (AvgIpc) is 2.89. The van der Waals surface area contributed by atoms with Crippen LogP contribution in [0.2, 0.25) is 0 Å². The van der Waals surface area contributed by atoms with E-state index in [1.807, 2.05) is 23.0 Å². The second-order valence-electron chi connectivity index (χ2n) is 5.32. The monoisotopic (exact) mass is 265 g/mol. The van der Waals surface area contributed by atoms with Gasteiger partial charge in [0.05, 0.1) is 17.4 Å². The molecule has 0 saturated carbocycles. The largest absolute Gasteiger partial charge is 0.310 e. The van der Waals surface area contributed by atoms with Crippen molar-refractivity contribution in [3.05, 3.63) is 60.3 Å². The second-order valence-corrected chi connectivity index (χ2v) is 5.32. The minimum absolute atomic E-state index is 0.504. The maximum absolute atomic E-state index is 4.47. The van der Waals surface area contributed by atoms with Crippen LogP contribution in [0.15, 0.2) is 54.7 Å². The van der Waals surface area contributed by atoms with Gasteiger partial charge in [-0.1, -0.05) is 44.2 Å². The molecule has 0 aliphatic heterocycles. The molecular formula is C17H19N3. The van der Waals surface area contributed by atoms with E-state index in [1.165, 1.54) is 5.56 Å². The smallest absolute Gasteiger partial charge is 0.0741 e. The summed E-state index contributed by atoms with van der Waals surface area (Å²) in [5.41, 5.74) is 3.53. The fraction of sp³-hybridized carbons (Fsp3) is 0.235. The Hall–Kier alpha value is -2.13. The van der Waals surface area contributed by atoms with Crippen molar-refractivity contribution in [2.45, 2.75) is 26.4 Å². The van der Waals surface area contributed by atoms with E-state index in [0.717, 1.165) is 23.1 Å². The van der Waals surface area contributed by atoms with Gasteiger partial charge in [-0.25, -0.2) is 4.68 Å². The Bertz CT molecular complexity index is 696. The van der Waals surface area contributed by atoms with Crippen LogP contribution in [0.4, 0.5) is 0 Å². The highest BCUT2D eigenvalue weighted by Gasteiger charge is 2.04. The van der Waals surface area contributed by atoms with Crippen molar-refractivity contribution in [3.8, 4) is 5.69 Å². The number of benzene rings is 2. The molecule has 0 unspecified atom stereocenters. The molecule has 20 heavy (non-hydrogen) atoms. The predicted octanol–water partition coefficient (Wildman–Crippen LogP) is 3.52. The first kappa shape index (κ1) is 12.9. The zero-order valence-electron chi connectivity index (χ0n) is 11.9. The molecule has 3 rings (SSSR count).